The van der Waals surface area contributed by atoms with Crippen LogP contribution in [0.5, 0.6) is 0 Å². The Morgan fingerprint density at radius 3 is 2.06 bits per heavy atom. The third kappa shape index (κ3) is 2.89. The molecule has 0 amide bonds. The summed E-state index contributed by atoms with van der Waals surface area (Å²) in [7, 11) is 0. The first-order valence-corrected chi connectivity index (χ1v) is 6.40. The smallest absolute Gasteiger partial charge is 0.313 e. The van der Waals surface area contributed by atoms with E-state index in [2.05, 4.69) is 36.7 Å². The SMILES string of the molecule is CC(C)(C)c1ccc(C(C)(C)C(=O)O)cc1Br. The van der Waals surface area contributed by atoms with Crippen LogP contribution < -0.4 is 0 Å². The molecule has 0 saturated carbocycles. The molecule has 1 aromatic rings. The lowest BCUT2D eigenvalue weighted by molar-refractivity contribution is -0.142. The summed E-state index contributed by atoms with van der Waals surface area (Å²) < 4.78 is 0.969. The zero-order chi connectivity index (χ0) is 13.4. The summed E-state index contributed by atoms with van der Waals surface area (Å²) in [5.41, 5.74) is 1.18. The summed E-state index contributed by atoms with van der Waals surface area (Å²) in [6, 6.07) is 5.82. The predicted molar refractivity (Wildman–Crippen MR) is 73.5 cm³/mol. The lowest BCUT2D eigenvalue weighted by Gasteiger charge is -2.25. The number of rotatable bonds is 2. The van der Waals surface area contributed by atoms with Crippen LogP contribution in [0.25, 0.3) is 0 Å². The molecule has 0 atom stereocenters. The van der Waals surface area contributed by atoms with E-state index in [-0.39, 0.29) is 5.41 Å². The second-order valence-corrected chi connectivity index (χ2v) is 6.73. The average molecular weight is 299 g/mol. The van der Waals surface area contributed by atoms with Crippen molar-refractivity contribution in [3.63, 3.8) is 0 Å². The van der Waals surface area contributed by atoms with Crippen LogP contribution >= 0.6 is 15.9 Å². The standard InChI is InChI=1S/C14H19BrO2/c1-13(2,3)10-7-6-9(8-11(10)15)14(4,5)12(16)17/h6-8H,1-5H3,(H,16,17). The first kappa shape index (κ1) is 14.2. The Kier molecular flexibility index (Phi) is 3.72. The number of carboxylic acids is 1. The van der Waals surface area contributed by atoms with E-state index in [4.69, 9.17) is 0 Å². The third-order valence-corrected chi connectivity index (χ3v) is 3.69. The van der Waals surface area contributed by atoms with Crippen molar-refractivity contribution < 1.29 is 9.90 Å². The lowest BCUT2D eigenvalue weighted by Crippen LogP contribution is -2.28. The monoisotopic (exact) mass is 298 g/mol. The van der Waals surface area contributed by atoms with E-state index >= 15 is 0 Å². The number of hydrogen-bond donors (Lipinski definition) is 1. The Balaban J connectivity index is 3.27. The molecule has 2 nitrogen and oxygen atoms in total. The molecule has 94 valence electrons. The predicted octanol–water partition coefficient (Wildman–Crippen LogP) is 4.11. The van der Waals surface area contributed by atoms with Crippen LogP contribution in [0.4, 0.5) is 0 Å². The number of carbonyl (C=O) groups is 1. The highest BCUT2D eigenvalue weighted by Crippen LogP contribution is 2.33. The van der Waals surface area contributed by atoms with Crippen molar-refractivity contribution in [2.45, 2.75) is 45.4 Å². The Bertz CT molecular complexity index is 442. The van der Waals surface area contributed by atoms with Crippen LogP contribution in [-0.4, -0.2) is 11.1 Å². The summed E-state index contributed by atoms with van der Waals surface area (Å²) in [6.45, 7) is 9.83. The van der Waals surface area contributed by atoms with Crippen molar-refractivity contribution in [3.8, 4) is 0 Å². The van der Waals surface area contributed by atoms with Gasteiger partial charge in [-0.25, -0.2) is 0 Å². The van der Waals surface area contributed by atoms with Gasteiger partial charge < -0.3 is 5.11 Å². The van der Waals surface area contributed by atoms with Crippen molar-refractivity contribution in [1.29, 1.82) is 0 Å². The fraction of sp³-hybridized carbons (Fsp3) is 0.500. The van der Waals surface area contributed by atoms with Gasteiger partial charge in [-0.05, 0) is 36.5 Å². The minimum atomic E-state index is -0.862. The number of carboxylic acid groups (broad SMARTS) is 1. The van der Waals surface area contributed by atoms with Gasteiger partial charge >= 0.3 is 5.97 Å². The van der Waals surface area contributed by atoms with E-state index in [1.807, 2.05) is 18.2 Å². The van der Waals surface area contributed by atoms with Gasteiger partial charge in [-0.2, -0.15) is 0 Å². The fourth-order valence-electron chi connectivity index (χ4n) is 1.64. The highest BCUT2D eigenvalue weighted by atomic mass is 79.9. The Hall–Kier alpha value is -0.830. The molecule has 1 aromatic carbocycles. The van der Waals surface area contributed by atoms with Crippen molar-refractivity contribution in [2.75, 3.05) is 0 Å². The zero-order valence-electron chi connectivity index (χ0n) is 11.0. The maximum Gasteiger partial charge on any atom is 0.313 e. The molecular formula is C14H19BrO2. The lowest BCUT2D eigenvalue weighted by atomic mass is 9.81. The van der Waals surface area contributed by atoms with E-state index in [1.54, 1.807) is 13.8 Å². The summed E-state index contributed by atoms with van der Waals surface area (Å²) in [5, 5.41) is 9.20. The molecule has 0 spiro atoms. The van der Waals surface area contributed by atoms with E-state index < -0.39 is 11.4 Å². The molecular weight excluding hydrogens is 280 g/mol. The van der Waals surface area contributed by atoms with E-state index in [0.29, 0.717) is 0 Å². The van der Waals surface area contributed by atoms with Gasteiger partial charge in [0.2, 0.25) is 0 Å². The second-order valence-electron chi connectivity index (χ2n) is 5.87. The zero-order valence-corrected chi connectivity index (χ0v) is 12.6. The maximum absolute atomic E-state index is 11.2. The first-order valence-electron chi connectivity index (χ1n) is 5.60. The molecule has 0 heterocycles. The number of aliphatic carboxylic acids is 1. The van der Waals surface area contributed by atoms with E-state index in [0.717, 1.165) is 10.0 Å². The van der Waals surface area contributed by atoms with Crippen LogP contribution in [0.2, 0.25) is 0 Å². The largest absolute Gasteiger partial charge is 0.481 e. The molecule has 17 heavy (non-hydrogen) atoms. The van der Waals surface area contributed by atoms with Crippen molar-refractivity contribution in [1.82, 2.24) is 0 Å². The topological polar surface area (TPSA) is 37.3 Å². The molecule has 0 aromatic heterocycles. The second kappa shape index (κ2) is 4.45. The van der Waals surface area contributed by atoms with Gasteiger partial charge in [0.1, 0.15) is 0 Å². The molecule has 3 heteroatoms. The summed E-state index contributed by atoms with van der Waals surface area (Å²) in [5.74, 6) is -0.812. The van der Waals surface area contributed by atoms with E-state index in [9.17, 15) is 9.90 Å². The quantitative estimate of drug-likeness (QED) is 0.892. The van der Waals surface area contributed by atoms with Gasteiger partial charge in [-0.1, -0.05) is 48.8 Å². The number of benzene rings is 1. The molecule has 0 unspecified atom stereocenters. The van der Waals surface area contributed by atoms with Gasteiger partial charge in [-0.3, -0.25) is 4.79 Å². The third-order valence-electron chi connectivity index (χ3n) is 3.03. The molecule has 0 fully saturated rings. The minimum absolute atomic E-state index is 0.0464. The van der Waals surface area contributed by atoms with Gasteiger partial charge in [0.05, 0.1) is 5.41 Å². The number of hydrogen-bond acceptors (Lipinski definition) is 1. The van der Waals surface area contributed by atoms with E-state index in [1.165, 1.54) is 5.56 Å². The van der Waals surface area contributed by atoms with Gasteiger partial charge in [0.15, 0.2) is 0 Å². The molecule has 0 saturated heterocycles. The van der Waals surface area contributed by atoms with Gasteiger partial charge in [0, 0.05) is 4.47 Å². The Morgan fingerprint density at radius 2 is 1.71 bits per heavy atom. The van der Waals surface area contributed by atoms with Crippen LogP contribution in [0.15, 0.2) is 22.7 Å². The fourth-order valence-corrected chi connectivity index (χ4v) is 2.61. The molecule has 0 aliphatic carbocycles. The molecule has 0 aliphatic heterocycles. The van der Waals surface area contributed by atoms with Crippen LogP contribution in [0.3, 0.4) is 0 Å². The van der Waals surface area contributed by atoms with Crippen molar-refractivity contribution in [3.05, 3.63) is 33.8 Å². The van der Waals surface area contributed by atoms with Crippen LogP contribution in [0.1, 0.15) is 45.7 Å². The average Bonchev–Trinajstić information content (AvgIpc) is 2.15. The summed E-state index contributed by atoms with van der Waals surface area (Å²) >= 11 is 3.53. The molecule has 1 rings (SSSR count). The summed E-state index contributed by atoms with van der Waals surface area (Å²) in [6.07, 6.45) is 0. The van der Waals surface area contributed by atoms with Gasteiger partial charge in [0.25, 0.3) is 0 Å². The van der Waals surface area contributed by atoms with Gasteiger partial charge in [-0.15, -0.1) is 0 Å². The molecule has 0 bridgehead atoms. The Labute approximate surface area is 111 Å². The molecule has 1 N–H and O–H groups in total. The maximum atomic E-state index is 11.2. The highest BCUT2D eigenvalue weighted by molar-refractivity contribution is 9.10. The first-order chi connectivity index (χ1) is 7.56. The van der Waals surface area contributed by atoms with Crippen molar-refractivity contribution in [2.24, 2.45) is 0 Å². The van der Waals surface area contributed by atoms with Crippen LogP contribution in [0, 0.1) is 0 Å². The molecule has 0 radical (unpaired) electrons. The van der Waals surface area contributed by atoms with Crippen molar-refractivity contribution >= 4 is 21.9 Å². The molecule has 0 aliphatic rings. The highest BCUT2D eigenvalue weighted by Gasteiger charge is 2.30. The minimum Gasteiger partial charge on any atom is -0.481 e. The Morgan fingerprint density at radius 1 is 1.18 bits per heavy atom. The normalized spacial score (nSPS) is 12.6. The number of halogens is 1. The van der Waals surface area contributed by atoms with Crippen LogP contribution in [-0.2, 0) is 15.6 Å². The summed E-state index contributed by atoms with van der Waals surface area (Å²) in [4.78, 5) is 11.2.